The van der Waals surface area contributed by atoms with E-state index in [-0.39, 0.29) is 5.41 Å². The lowest BCUT2D eigenvalue weighted by atomic mass is 9.72. The molecule has 2 fully saturated rings. The van der Waals surface area contributed by atoms with E-state index in [1.165, 1.54) is 19.1 Å². The lowest BCUT2D eigenvalue weighted by molar-refractivity contribution is -0.118. The van der Waals surface area contributed by atoms with Gasteiger partial charge in [0.2, 0.25) is 0 Å². The number of hydrogen-bond donors (Lipinski definition) is 0. The normalized spacial score (nSPS) is 49.6. The maximum Gasteiger partial charge on any atom is 0.126 e. The van der Waals surface area contributed by atoms with Crippen LogP contribution >= 0.6 is 0 Å². The molecule has 0 amide bonds. The van der Waals surface area contributed by atoms with Gasteiger partial charge in [-0.3, -0.25) is 0 Å². The number of carbonyl (C=O) groups excluding carboxylic acids is 1. The highest BCUT2D eigenvalue weighted by Crippen LogP contribution is 2.64. The van der Waals surface area contributed by atoms with Crippen molar-refractivity contribution < 1.29 is 4.79 Å². The lowest BCUT2D eigenvalue weighted by Crippen LogP contribution is -2.29. The van der Waals surface area contributed by atoms with Crippen molar-refractivity contribution in [3.8, 4) is 0 Å². The van der Waals surface area contributed by atoms with Crippen molar-refractivity contribution in [1.82, 2.24) is 0 Å². The van der Waals surface area contributed by atoms with Crippen LogP contribution in [-0.4, -0.2) is 6.29 Å². The standard InChI is InChI=1S/C11H18O/c1-10(2)8-4-5-9(10)11(3,6-8)7-12/h7-9H,4-6H2,1-3H3. The van der Waals surface area contributed by atoms with Gasteiger partial charge in [0.1, 0.15) is 6.29 Å². The largest absolute Gasteiger partial charge is 0.303 e. The van der Waals surface area contributed by atoms with Gasteiger partial charge >= 0.3 is 0 Å². The van der Waals surface area contributed by atoms with E-state index >= 15 is 0 Å². The fourth-order valence-corrected chi connectivity index (χ4v) is 3.74. The van der Waals surface area contributed by atoms with Gasteiger partial charge in [0.15, 0.2) is 0 Å². The van der Waals surface area contributed by atoms with Crippen LogP contribution in [0.1, 0.15) is 40.0 Å². The Bertz CT molecular complexity index is 219. The number of aldehydes is 1. The molecule has 0 N–H and O–H groups in total. The zero-order valence-corrected chi connectivity index (χ0v) is 8.26. The van der Waals surface area contributed by atoms with Gasteiger partial charge < -0.3 is 4.79 Å². The van der Waals surface area contributed by atoms with Gasteiger partial charge in [-0.15, -0.1) is 0 Å². The Morgan fingerprint density at radius 1 is 1.25 bits per heavy atom. The molecule has 3 unspecified atom stereocenters. The molecule has 1 heteroatoms. The Morgan fingerprint density at radius 3 is 2.17 bits per heavy atom. The van der Waals surface area contributed by atoms with E-state index in [9.17, 15) is 4.79 Å². The van der Waals surface area contributed by atoms with Crippen LogP contribution in [-0.2, 0) is 4.79 Å². The average molecular weight is 166 g/mol. The second-order valence-corrected chi connectivity index (χ2v) is 5.48. The molecule has 0 radical (unpaired) electrons. The summed E-state index contributed by atoms with van der Waals surface area (Å²) in [5.74, 6) is 1.45. The summed E-state index contributed by atoms with van der Waals surface area (Å²) in [4.78, 5) is 11.0. The first-order chi connectivity index (χ1) is 5.50. The van der Waals surface area contributed by atoms with Crippen LogP contribution in [0.2, 0.25) is 0 Å². The van der Waals surface area contributed by atoms with Crippen molar-refractivity contribution in [1.29, 1.82) is 0 Å². The first-order valence-electron chi connectivity index (χ1n) is 4.97. The minimum absolute atomic E-state index is 0.00637. The van der Waals surface area contributed by atoms with Gasteiger partial charge in [-0.05, 0) is 36.5 Å². The van der Waals surface area contributed by atoms with Crippen LogP contribution < -0.4 is 0 Å². The predicted molar refractivity (Wildman–Crippen MR) is 48.8 cm³/mol. The summed E-state index contributed by atoms with van der Waals surface area (Å²) in [5.41, 5.74) is 0.433. The zero-order chi connectivity index (χ0) is 8.98. The van der Waals surface area contributed by atoms with Gasteiger partial charge in [0.05, 0.1) is 0 Å². The monoisotopic (exact) mass is 166 g/mol. The van der Waals surface area contributed by atoms with Crippen molar-refractivity contribution in [2.24, 2.45) is 22.7 Å². The van der Waals surface area contributed by atoms with Crippen molar-refractivity contribution in [3.05, 3.63) is 0 Å². The average Bonchev–Trinajstić information content (AvgIpc) is 2.38. The summed E-state index contributed by atoms with van der Waals surface area (Å²) in [6.07, 6.45) is 4.96. The molecule has 2 aliphatic carbocycles. The summed E-state index contributed by atoms with van der Waals surface area (Å²) in [7, 11) is 0. The van der Waals surface area contributed by atoms with Crippen molar-refractivity contribution in [2.45, 2.75) is 40.0 Å². The molecule has 2 saturated carbocycles. The minimum Gasteiger partial charge on any atom is -0.303 e. The quantitative estimate of drug-likeness (QED) is 0.547. The van der Waals surface area contributed by atoms with E-state index < -0.39 is 0 Å². The molecule has 0 aromatic rings. The number of fused-ring (bicyclic) bond motifs is 2. The van der Waals surface area contributed by atoms with E-state index in [4.69, 9.17) is 0 Å². The minimum atomic E-state index is 0.00637. The Kier molecular flexibility index (Phi) is 1.47. The van der Waals surface area contributed by atoms with Crippen LogP contribution in [0.4, 0.5) is 0 Å². The molecule has 0 aliphatic heterocycles. The summed E-state index contributed by atoms with van der Waals surface area (Å²) < 4.78 is 0. The lowest BCUT2D eigenvalue weighted by Gasteiger charge is -2.31. The molecule has 1 nitrogen and oxygen atoms in total. The predicted octanol–water partition coefficient (Wildman–Crippen LogP) is 2.65. The molecule has 2 bridgehead atoms. The second kappa shape index (κ2) is 2.12. The first-order valence-corrected chi connectivity index (χ1v) is 4.97. The molecule has 2 rings (SSSR count). The van der Waals surface area contributed by atoms with Crippen LogP contribution in [0.15, 0.2) is 0 Å². The van der Waals surface area contributed by atoms with Crippen LogP contribution in [0.5, 0.6) is 0 Å². The SMILES string of the molecule is CC1(C=O)CC2CCC1C2(C)C. The third kappa shape index (κ3) is 0.773. The van der Waals surface area contributed by atoms with Gasteiger partial charge in [-0.2, -0.15) is 0 Å². The molecular weight excluding hydrogens is 148 g/mol. The molecule has 0 aromatic carbocycles. The third-order valence-electron chi connectivity index (χ3n) is 4.51. The molecule has 3 atom stereocenters. The van der Waals surface area contributed by atoms with Crippen molar-refractivity contribution in [3.63, 3.8) is 0 Å². The topological polar surface area (TPSA) is 17.1 Å². The maximum absolute atomic E-state index is 11.0. The van der Waals surface area contributed by atoms with Gasteiger partial charge in [0, 0.05) is 5.41 Å². The Hall–Kier alpha value is -0.330. The summed E-state index contributed by atoms with van der Waals surface area (Å²) >= 11 is 0. The van der Waals surface area contributed by atoms with Gasteiger partial charge in [-0.25, -0.2) is 0 Å². The molecule has 0 saturated heterocycles. The molecule has 68 valence electrons. The smallest absolute Gasteiger partial charge is 0.126 e. The van der Waals surface area contributed by atoms with Gasteiger partial charge in [0.25, 0.3) is 0 Å². The van der Waals surface area contributed by atoms with E-state index in [0.29, 0.717) is 11.3 Å². The summed E-state index contributed by atoms with van der Waals surface area (Å²) in [6, 6.07) is 0. The highest BCUT2D eigenvalue weighted by Gasteiger charge is 2.58. The summed E-state index contributed by atoms with van der Waals surface area (Å²) in [5, 5.41) is 0. The van der Waals surface area contributed by atoms with Crippen molar-refractivity contribution >= 4 is 6.29 Å². The Labute approximate surface area is 74.5 Å². The number of carbonyl (C=O) groups is 1. The molecule has 0 heterocycles. The second-order valence-electron chi connectivity index (χ2n) is 5.48. The van der Waals surface area contributed by atoms with Crippen LogP contribution in [0, 0.1) is 22.7 Å². The molecular formula is C11H18O. The van der Waals surface area contributed by atoms with E-state index in [1.54, 1.807) is 0 Å². The number of hydrogen-bond acceptors (Lipinski definition) is 1. The van der Waals surface area contributed by atoms with Crippen LogP contribution in [0.25, 0.3) is 0 Å². The zero-order valence-electron chi connectivity index (χ0n) is 8.26. The molecule has 0 aromatic heterocycles. The Morgan fingerprint density at radius 2 is 1.92 bits per heavy atom. The fourth-order valence-electron chi connectivity index (χ4n) is 3.74. The molecule has 2 aliphatic rings. The maximum atomic E-state index is 11.0. The third-order valence-corrected chi connectivity index (χ3v) is 4.51. The first kappa shape index (κ1) is 8.28. The van der Waals surface area contributed by atoms with Gasteiger partial charge in [-0.1, -0.05) is 20.8 Å². The van der Waals surface area contributed by atoms with E-state index in [0.717, 1.165) is 12.3 Å². The fraction of sp³-hybridized carbons (Fsp3) is 0.909. The summed E-state index contributed by atoms with van der Waals surface area (Å²) in [6.45, 7) is 6.82. The van der Waals surface area contributed by atoms with Crippen molar-refractivity contribution in [2.75, 3.05) is 0 Å². The number of rotatable bonds is 1. The molecule has 0 spiro atoms. The highest BCUT2D eigenvalue weighted by atomic mass is 16.1. The Balaban J connectivity index is 2.35. The molecule has 12 heavy (non-hydrogen) atoms. The highest BCUT2D eigenvalue weighted by molar-refractivity contribution is 5.61. The van der Waals surface area contributed by atoms with Crippen LogP contribution in [0.3, 0.4) is 0 Å². The van der Waals surface area contributed by atoms with E-state index in [1.807, 2.05) is 0 Å². The van der Waals surface area contributed by atoms with E-state index in [2.05, 4.69) is 20.8 Å².